The molecule has 0 amide bonds. The van der Waals surface area contributed by atoms with Crippen LogP contribution < -0.4 is 4.74 Å². The highest BCUT2D eigenvalue weighted by Gasteiger charge is 2.05. The van der Waals surface area contributed by atoms with E-state index in [-0.39, 0.29) is 5.97 Å². The van der Waals surface area contributed by atoms with Crippen LogP contribution in [-0.4, -0.2) is 19.7 Å². The van der Waals surface area contributed by atoms with Crippen LogP contribution >= 0.6 is 0 Å². The number of hydrogen-bond acceptors (Lipinski definition) is 3. The number of rotatable bonds is 4. The fourth-order valence-electron chi connectivity index (χ4n) is 1.39. The number of hydrogen-bond donors (Lipinski definition) is 0. The number of methoxy groups -OCH3 is 1. The van der Waals surface area contributed by atoms with Crippen LogP contribution in [0.1, 0.15) is 19.4 Å². The van der Waals surface area contributed by atoms with E-state index >= 15 is 0 Å². The first kappa shape index (κ1) is 12.3. The molecule has 0 fully saturated rings. The van der Waals surface area contributed by atoms with Gasteiger partial charge in [0.2, 0.25) is 0 Å². The maximum absolute atomic E-state index is 11.1. The molecular formula is C13H16O3. The molecule has 0 bridgehead atoms. The summed E-state index contributed by atoms with van der Waals surface area (Å²) < 4.78 is 10.1. The Morgan fingerprint density at radius 3 is 2.69 bits per heavy atom. The van der Waals surface area contributed by atoms with Gasteiger partial charge in [0.05, 0.1) is 13.7 Å². The first-order chi connectivity index (χ1) is 7.69. The topological polar surface area (TPSA) is 35.5 Å². The van der Waals surface area contributed by atoms with Gasteiger partial charge in [0, 0.05) is 11.6 Å². The molecule has 1 aromatic rings. The number of carbonyl (C=O) groups is 1. The van der Waals surface area contributed by atoms with Gasteiger partial charge in [0.15, 0.2) is 0 Å². The molecule has 0 radical (unpaired) electrons. The Hall–Kier alpha value is -1.77. The molecule has 16 heavy (non-hydrogen) atoms. The second-order valence-electron chi connectivity index (χ2n) is 3.28. The van der Waals surface area contributed by atoms with Gasteiger partial charge >= 0.3 is 5.97 Å². The minimum Gasteiger partial charge on any atom is -0.493 e. The molecule has 0 heterocycles. The van der Waals surface area contributed by atoms with Crippen LogP contribution in [0.15, 0.2) is 30.3 Å². The molecular weight excluding hydrogens is 204 g/mol. The highest BCUT2D eigenvalue weighted by atomic mass is 16.5. The molecule has 1 aromatic carbocycles. The van der Waals surface area contributed by atoms with E-state index in [1.807, 2.05) is 38.1 Å². The largest absolute Gasteiger partial charge is 0.493 e. The highest BCUT2D eigenvalue weighted by molar-refractivity contribution is 5.91. The summed E-state index contributed by atoms with van der Waals surface area (Å²) in [6, 6.07) is 7.61. The normalized spacial score (nSPS) is 11.1. The van der Waals surface area contributed by atoms with E-state index < -0.39 is 0 Å². The third kappa shape index (κ3) is 3.12. The van der Waals surface area contributed by atoms with E-state index in [4.69, 9.17) is 4.74 Å². The Bertz CT molecular complexity index is 394. The van der Waals surface area contributed by atoms with Gasteiger partial charge in [0.1, 0.15) is 5.75 Å². The number of carbonyl (C=O) groups excluding carboxylic acids is 1. The number of para-hydroxylation sites is 1. The number of benzene rings is 1. The molecule has 0 atom stereocenters. The van der Waals surface area contributed by atoms with Gasteiger partial charge in [-0.25, -0.2) is 4.79 Å². The van der Waals surface area contributed by atoms with Gasteiger partial charge in [-0.2, -0.15) is 0 Å². The minimum absolute atomic E-state index is 0.358. The van der Waals surface area contributed by atoms with Crippen LogP contribution in [0.4, 0.5) is 0 Å². The molecule has 0 spiro atoms. The highest BCUT2D eigenvalue weighted by Crippen LogP contribution is 2.25. The number of ether oxygens (including phenoxy) is 2. The van der Waals surface area contributed by atoms with Crippen molar-refractivity contribution >= 4 is 11.5 Å². The summed E-state index contributed by atoms with van der Waals surface area (Å²) in [6.07, 6.45) is 1.46. The monoisotopic (exact) mass is 220 g/mol. The third-order valence-corrected chi connectivity index (χ3v) is 2.15. The Labute approximate surface area is 95.7 Å². The minimum atomic E-state index is -0.358. The second kappa shape index (κ2) is 5.95. The van der Waals surface area contributed by atoms with Crippen molar-refractivity contribution in [2.75, 3.05) is 13.7 Å². The van der Waals surface area contributed by atoms with Gasteiger partial charge in [0.25, 0.3) is 0 Å². The van der Waals surface area contributed by atoms with Crippen molar-refractivity contribution in [1.82, 2.24) is 0 Å². The van der Waals surface area contributed by atoms with Crippen molar-refractivity contribution in [3.63, 3.8) is 0 Å². The molecule has 3 nitrogen and oxygen atoms in total. The van der Waals surface area contributed by atoms with E-state index in [1.54, 1.807) is 0 Å². The first-order valence-corrected chi connectivity index (χ1v) is 5.17. The van der Waals surface area contributed by atoms with Gasteiger partial charge in [-0.15, -0.1) is 0 Å². The summed E-state index contributed by atoms with van der Waals surface area (Å²) >= 11 is 0. The predicted octanol–water partition coefficient (Wildman–Crippen LogP) is 2.66. The second-order valence-corrected chi connectivity index (χ2v) is 3.28. The third-order valence-electron chi connectivity index (χ3n) is 2.15. The molecule has 3 heteroatoms. The predicted molar refractivity (Wildman–Crippen MR) is 63.3 cm³/mol. The first-order valence-electron chi connectivity index (χ1n) is 5.17. The maximum atomic E-state index is 11.1. The van der Waals surface area contributed by atoms with E-state index in [0.717, 1.165) is 16.9 Å². The lowest BCUT2D eigenvalue weighted by Gasteiger charge is -2.09. The van der Waals surface area contributed by atoms with Crippen molar-refractivity contribution in [2.45, 2.75) is 13.8 Å². The average molecular weight is 220 g/mol. The summed E-state index contributed by atoms with van der Waals surface area (Å²) in [4.78, 5) is 11.1. The summed E-state index contributed by atoms with van der Waals surface area (Å²) in [7, 11) is 1.36. The lowest BCUT2D eigenvalue weighted by molar-refractivity contribution is -0.134. The zero-order chi connectivity index (χ0) is 12.0. The summed E-state index contributed by atoms with van der Waals surface area (Å²) in [6.45, 7) is 4.38. The van der Waals surface area contributed by atoms with Crippen molar-refractivity contribution < 1.29 is 14.3 Å². The van der Waals surface area contributed by atoms with Crippen LogP contribution in [0.3, 0.4) is 0 Å². The fraction of sp³-hybridized carbons (Fsp3) is 0.308. The lowest BCUT2D eigenvalue weighted by atomic mass is 10.1. The van der Waals surface area contributed by atoms with Gasteiger partial charge in [-0.3, -0.25) is 0 Å². The van der Waals surface area contributed by atoms with Crippen LogP contribution in [0, 0.1) is 0 Å². The quantitative estimate of drug-likeness (QED) is 0.578. The van der Waals surface area contributed by atoms with E-state index in [9.17, 15) is 4.79 Å². The van der Waals surface area contributed by atoms with Crippen LogP contribution in [0.2, 0.25) is 0 Å². The molecule has 1 rings (SSSR count). The van der Waals surface area contributed by atoms with Crippen molar-refractivity contribution in [1.29, 1.82) is 0 Å². The fourth-order valence-corrected chi connectivity index (χ4v) is 1.39. The van der Waals surface area contributed by atoms with Crippen molar-refractivity contribution in [3.8, 4) is 5.75 Å². The molecule has 0 unspecified atom stereocenters. The van der Waals surface area contributed by atoms with Gasteiger partial charge in [-0.05, 0) is 25.5 Å². The zero-order valence-electron chi connectivity index (χ0n) is 9.82. The summed E-state index contributed by atoms with van der Waals surface area (Å²) in [5.74, 6) is 0.423. The smallest absolute Gasteiger partial charge is 0.330 e. The number of esters is 1. The summed E-state index contributed by atoms with van der Waals surface area (Å²) in [5, 5.41) is 0. The van der Waals surface area contributed by atoms with E-state index in [2.05, 4.69) is 4.74 Å². The molecule has 86 valence electrons. The SMILES string of the molecule is CCOc1ccccc1/C(C)=C/C(=O)OC. The summed E-state index contributed by atoms with van der Waals surface area (Å²) in [5.41, 5.74) is 1.74. The van der Waals surface area contributed by atoms with E-state index in [1.165, 1.54) is 13.2 Å². The zero-order valence-corrected chi connectivity index (χ0v) is 9.82. The number of allylic oxidation sites excluding steroid dienone is 1. The Balaban J connectivity index is 3.02. The molecule has 0 N–H and O–H groups in total. The van der Waals surface area contributed by atoms with Crippen molar-refractivity contribution in [3.05, 3.63) is 35.9 Å². The van der Waals surface area contributed by atoms with Gasteiger partial charge < -0.3 is 9.47 Å². The maximum Gasteiger partial charge on any atom is 0.330 e. The standard InChI is InChI=1S/C13H16O3/c1-4-16-12-8-6-5-7-11(12)10(2)9-13(14)15-3/h5-9H,4H2,1-3H3/b10-9+. The molecule has 0 saturated heterocycles. The molecule has 0 aliphatic heterocycles. The average Bonchev–Trinajstić information content (AvgIpc) is 2.30. The van der Waals surface area contributed by atoms with Crippen LogP contribution in [-0.2, 0) is 9.53 Å². The van der Waals surface area contributed by atoms with Gasteiger partial charge in [-0.1, -0.05) is 18.2 Å². The van der Waals surface area contributed by atoms with Crippen LogP contribution in [0.5, 0.6) is 5.75 Å². The van der Waals surface area contributed by atoms with E-state index in [0.29, 0.717) is 6.61 Å². The molecule has 0 aliphatic carbocycles. The Morgan fingerprint density at radius 2 is 2.06 bits per heavy atom. The van der Waals surface area contributed by atoms with Crippen LogP contribution in [0.25, 0.3) is 5.57 Å². The molecule has 0 aromatic heterocycles. The molecule has 0 saturated carbocycles. The molecule has 0 aliphatic rings. The Kier molecular flexibility index (Phi) is 4.58. The lowest BCUT2D eigenvalue weighted by Crippen LogP contribution is -1.98. The van der Waals surface area contributed by atoms with Crippen molar-refractivity contribution in [2.24, 2.45) is 0 Å². The Morgan fingerprint density at radius 1 is 1.38 bits per heavy atom.